The molecule has 2 rings (SSSR count). The molecule has 0 radical (unpaired) electrons. The number of anilines is 1. The average Bonchev–Trinajstić information content (AvgIpc) is 2.64. The first-order valence-corrected chi connectivity index (χ1v) is 5.32. The predicted molar refractivity (Wildman–Crippen MR) is 64.9 cm³/mol. The van der Waals surface area contributed by atoms with Crippen LogP contribution in [0.4, 0.5) is 5.82 Å². The third-order valence-corrected chi connectivity index (χ3v) is 2.49. The first-order chi connectivity index (χ1) is 7.56. The Balaban J connectivity index is 2.49. The van der Waals surface area contributed by atoms with Crippen molar-refractivity contribution in [2.75, 3.05) is 5.73 Å². The minimum Gasteiger partial charge on any atom is -0.384 e. The van der Waals surface area contributed by atoms with E-state index in [2.05, 4.69) is 30.0 Å². The van der Waals surface area contributed by atoms with Gasteiger partial charge >= 0.3 is 0 Å². The maximum Gasteiger partial charge on any atom is 0.124 e. The third kappa shape index (κ3) is 2.05. The highest BCUT2D eigenvalue weighted by molar-refractivity contribution is 5.65. The first-order valence-electron chi connectivity index (χ1n) is 5.32. The Morgan fingerprint density at radius 2 is 2.00 bits per heavy atom. The maximum absolute atomic E-state index is 5.80. The molecule has 2 N–H and O–H groups in total. The van der Waals surface area contributed by atoms with Crippen LogP contribution in [0.2, 0.25) is 0 Å². The topological polar surface area (TPSA) is 56.7 Å². The molecule has 0 spiro atoms. The van der Waals surface area contributed by atoms with Crippen molar-refractivity contribution in [2.45, 2.75) is 19.8 Å². The fraction of sp³-hybridized carbons (Fsp3) is 0.333. The van der Waals surface area contributed by atoms with E-state index < -0.39 is 0 Å². The molecule has 0 aliphatic heterocycles. The highest BCUT2D eigenvalue weighted by Crippen LogP contribution is 2.24. The van der Waals surface area contributed by atoms with E-state index in [1.165, 1.54) is 0 Å². The summed E-state index contributed by atoms with van der Waals surface area (Å²) in [5.74, 6) is 0.934. The molecule has 84 valence electrons. The van der Waals surface area contributed by atoms with Crippen LogP contribution in [0.15, 0.2) is 24.5 Å². The number of aryl methyl sites for hydroxylation is 1. The summed E-state index contributed by atoms with van der Waals surface area (Å²) in [4.78, 5) is 4.32. The van der Waals surface area contributed by atoms with Crippen LogP contribution in [0.3, 0.4) is 0 Å². The van der Waals surface area contributed by atoms with E-state index in [9.17, 15) is 0 Å². The van der Waals surface area contributed by atoms with Gasteiger partial charge in [0.1, 0.15) is 5.82 Å². The van der Waals surface area contributed by atoms with Crippen molar-refractivity contribution in [2.24, 2.45) is 7.05 Å². The Hall–Kier alpha value is -1.84. The second-order valence-corrected chi connectivity index (χ2v) is 4.26. The van der Waals surface area contributed by atoms with Gasteiger partial charge in [-0.3, -0.25) is 4.68 Å². The molecular formula is C12H16N4. The summed E-state index contributed by atoms with van der Waals surface area (Å²) in [6.07, 6.45) is 3.80. The van der Waals surface area contributed by atoms with Gasteiger partial charge in [-0.05, 0) is 23.6 Å². The quantitative estimate of drug-likeness (QED) is 0.837. The van der Waals surface area contributed by atoms with E-state index in [0.29, 0.717) is 11.7 Å². The summed E-state index contributed by atoms with van der Waals surface area (Å²) in [6, 6.07) is 3.95. The molecule has 0 amide bonds. The molecule has 0 aromatic carbocycles. The Morgan fingerprint density at radius 3 is 2.56 bits per heavy atom. The van der Waals surface area contributed by atoms with Crippen molar-refractivity contribution >= 4 is 5.82 Å². The fourth-order valence-corrected chi connectivity index (χ4v) is 1.61. The van der Waals surface area contributed by atoms with E-state index in [4.69, 9.17) is 5.73 Å². The largest absolute Gasteiger partial charge is 0.384 e. The highest BCUT2D eigenvalue weighted by atomic mass is 15.2. The minimum atomic E-state index is 0.374. The van der Waals surface area contributed by atoms with Gasteiger partial charge in [0.25, 0.3) is 0 Å². The maximum atomic E-state index is 5.80. The van der Waals surface area contributed by atoms with Gasteiger partial charge in [0.15, 0.2) is 0 Å². The van der Waals surface area contributed by atoms with Gasteiger partial charge in [-0.2, -0.15) is 5.10 Å². The molecule has 0 saturated carbocycles. The van der Waals surface area contributed by atoms with Crippen molar-refractivity contribution < 1.29 is 0 Å². The monoisotopic (exact) mass is 216 g/mol. The number of hydrogen-bond acceptors (Lipinski definition) is 3. The number of rotatable bonds is 2. The van der Waals surface area contributed by atoms with E-state index in [1.54, 1.807) is 4.68 Å². The van der Waals surface area contributed by atoms with Gasteiger partial charge in [0.05, 0.1) is 6.20 Å². The average molecular weight is 216 g/mol. The zero-order valence-electron chi connectivity index (χ0n) is 9.81. The lowest BCUT2D eigenvalue weighted by molar-refractivity contribution is 0.768. The molecule has 0 saturated heterocycles. The van der Waals surface area contributed by atoms with Crippen LogP contribution in [0.1, 0.15) is 25.5 Å². The molecule has 0 fully saturated rings. The van der Waals surface area contributed by atoms with Gasteiger partial charge in [0.2, 0.25) is 0 Å². The first kappa shape index (κ1) is 10.7. The van der Waals surface area contributed by atoms with Gasteiger partial charge in [-0.15, -0.1) is 0 Å². The Labute approximate surface area is 95.1 Å². The molecule has 2 aromatic rings. The second-order valence-electron chi connectivity index (χ2n) is 4.26. The molecule has 2 heterocycles. The molecule has 16 heavy (non-hydrogen) atoms. The molecule has 0 atom stereocenters. The van der Waals surface area contributed by atoms with Gasteiger partial charge < -0.3 is 5.73 Å². The summed E-state index contributed by atoms with van der Waals surface area (Å²) in [5, 5.41) is 4.15. The molecule has 2 aromatic heterocycles. The molecular weight excluding hydrogens is 200 g/mol. The number of aromatic nitrogens is 3. The Bertz CT molecular complexity index is 499. The summed E-state index contributed by atoms with van der Waals surface area (Å²) >= 11 is 0. The number of hydrogen-bond donors (Lipinski definition) is 1. The summed E-state index contributed by atoms with van der Waals surface area (Å²) in [5.41, 5.74) is 8.96. The van der Waals surface area contributed by atoms with Crippen LogP contribution in [-0.2, 0) is 7.05 Å². The molecule has 4 heteroatoms. The van der Waals surface area contributed by atoms with Gasteiger partial charge in [0, 0.05) is 24.5 Å². The third-order valence-electron chi connectivity index (χ3n) is 2.49. The van der Waals surface area contributed by atoms with Crippen molar-refractivity contribution in [1.82, 2.24) is 14.8 Å². The van der Waals surface area contributed by atoms with Gasteiger partial charge in [-0.25, -0.2) is 4.98 Å². The molecule has 4 nitrogen and oxygen atoms in total. The lowest BCUT2D eigenvalue weighted by atomic mass is 10.0. The van der Waals surface area contributed by atoms with Crippen LogP contribution in [0, 0.1) is 0 Å². The normalized spacial score (nSPS) is 11.0. The number of nitrogens with two attached hydrogens (primary N) is 1. The van der Waals surface area contributed by atoms with Crippen molar-refractivity contribution in [3.05, 3.63) is 30.2 Å². The Kier molecular flexibility index (Phi) is 2.64. The zero-order chi connectivity index (χ0) is 11.7. The lowest BCUT2D eigenvalue weighted by Crippen LogP contribution is -1.98. The molecule has 0 aliphatic carbocycles. The smallest absolute Gasteiger partial charge is 0.124 e. The van der Waals surface area contributed by atoms with Crippen LogP contribution >= 0.6 is 0 Å². The van der Waals surface area contributed by atoms with Crippen LogP contribution < -0.4 is 5.73 Å². The van der Waals surface area contributed by atoms with E-state index in [-0.39, 0.29) is 0 Å². The number of nitrogens with zero attached hydrogens (tertiary/aromatic N) is 3. The van der Waals surface area contributed by atoms with Crippen LogP contribution in [0.25, 0.3) is 11.1 Å². The van der Waals surface area contributed by atoms with Crippen LogP contribution in [-0.4, -0.2) is 14.8 Å². The van der Waals surface area contributed by atoms with Crippen molar-refractivity contribution in [3.8, 4) is 11.1 Å². The van der Waals surface area contributed by atoms with E-state index >= 15 is 0 Å². The second kappa shape index (κ2) is 3.96. The molecule has 0 unspecified atom stereocenters. The predicted octanol–water partition coefficient (Wildman–Crippen LogP) is 2.19. The zero-order valence-corrected chi connectivity index (χ0v) is 9.81. The van der Waals surface area contributed by atoms with Crippen LogP contribution in [0.5, 0.6) is 0 Å². The molecule has 0 aliphatic rings. The summed E-state index contributed by atoms with van der Waals surface area (Å²) in [6.45, 7) is 4.21. The number of pyridine rings is 1. The fourth-order valence-electron chi connectivity index (χ4n) is 1.61. The minimum absolute atomic E-state index is 0.374. The summed E-state index contributed by atoms with van der Waals surface area (Å²) < 4.78 is 1.78. The lowest BCUT2D eigenvalue weighted by Gasteiger charge is -2.07. The highest BCUT2D eigenvalue weighted by Gasteiger charge is 2.07. The SMILES string of the molecule is CC(C)c1cc(-c2cnn(C)c2)cc(N)n1. The van der Waals surface area contributed by atoms with E-state index in [1.807, 2.05) is 25.5 Å². The summed E-state index contributed by atoms with van der Waals surface area (Å²) in [7, 11) is 1.90. The van der Waals surface area contributed by atoms with Crippen molar-refractivity contribution in [3.63, 3.8) is 0 Å². The Morgan fingerprint density at radius 1 is 1.25 bits per heavy atom. The van der Waals surface area contributed by atoms with Crippen molar-refractivity contribution in [1.29, 1.82) is 0 Å². The van der Waals surface area contributed by atoms with Gasteiger partial charge in [-0.1, -0.05) is 13.8 Å². The van der Waals surface area contributed by atoms with E-state index in [0.717, 1.165) is 16.8 Å². The standard InChI is InChI=1S/C12H16N4/c1-8(2)11-4-9(5-12(13)15-11)10-6-14-16(3)7-10/h4-8H,1-3H3,(H2,13,15). The molecule has 0 bridgehead atoms. The number of nitrogen functional groups attached to an aromatic ring is 1.